The summed E-state index contributed by atoms with van der Waals surface area (Å²) in [7, 11) is 5.59. The minimum atomic E-state index is -0.243. The first kappa shape index (κ1) is 26.4. The molecule has 0 bridgehead atoms. The summed E-state index contributed by atoms with van der Waals surface area (Å²) in [5, 5.41) is 20.0. The number of ether oxygens (including phenoxy) is 6. The maximum absolute atomic E-state index is 12.6. The molecule has 0 radical (unpaired) electrons. The number of amides is 2. The molecule has 36 heavy (non-hydrogen) atoms. The quantitative estimate of drug-likeness (QED) is 0.485. The van der Waals surface area contributed by atoms with Crippen LogP contribution < -0.4 is 28.4 Å². The summed E-state index contributed by atoms with van der Waals surface area (Å²) in [6.45, 7) is 0.930. The third kappa shape index (κ3) is 6.06. The number of phenolic OH excluding ortho intramolecular Hbond substituents is 2. The van der Waals surface area contributed by atoms with Crippen molar-refractivity contribution in [1.82, 2.24) is 9.80 Å². The molecule has 1 saturated heterocycles. The number of nitrogens with zero attached hydrogens (tertiary/aromatic N) is 2. The lowest BCUT2D eigenvalue weighted by Gasteiger charge is -2.34. The minimum absolute atomic E-state index is 0.160. The molecule has 1 aliphatic heterocycles. The average Bonchev–Trinajstić information content (AvgIpc) is 2.91. The molecule has 1 heterocycles. The number of benzene rings is 2. The SMILES string of the molecule is COc1cc(OCC(=O)N2CCN(C(=O)COc3cc(OC)c(O)c(OC)c3)CC2)cc(OC)c1O. The molecule has 3 rings (SSSR count). The molecule has 12 nitrogen and oxygen atoms in total. The van der Waals surface area contributed by atoms with Gasteiger partial charge in [-0.2, -0.15) is 0 Å². The molecule has 0 saturated carbocycles. The fourth-order valence-corrected chi connectivity index (χ4v) is 3.58. The van der Waals surface area contributed by atoms with Crippen molar-refractivity contribution in [3.63, 3.8) is 0 Å². The van der Waals surface area contributed by atoms with Crippen LogP contribution in [0.3, 0.4) is 0 Å². The van der Waals surface area contributed by atoms with Crippen molar-refractivity contribution in [2.45, 2.75) is 0 Å². The second kappa shape index (κ2) is 12.0. The van der Waals surface area contributed by atoms with Crippen molar-refractivity contribution < 1.29 is 48.2 Å². The van der Waals surface area contributed by atoms with Crippen LogP contribution in [-0.4, -0.2) is 99.7 Å². The van der Waals surface area contributed by atoms with Crippen molar-refractivity contribution in [3.8, 4) is 46.0 Å². The van der Waals surface area contributed by atoms with E-state index in [9.17, 15) is 19.8 Å². The highest BCUT2D eigenvalue weighted by Gasteiger charge is 2.25. The normalized spacial score (nSPS) is 13.1. The molecule has 0 aliphatic carbocycles. The predicted molar refractivity (Wildman–Crippen MR) is 127 cm³/mol. The standard InChI is InChI=1S/C24H30N2O10/c1-31-17-9-15(10-18(32-2)23(17)29)35-13-21(27)25-5-7-26(8-6-25)22(28)14-36-16-11-19(33-3)24(30)20(12-16)34-4/h9-12,29-30H,5-8,13-14H2,1-4H3. The molecule has 2 aromatic rings. The number of carbonyl (C=O) groups excluding carboxylic acids is 2. The Bertz CT molecular complexity index is 947. The van der Waals surface area contributed by atoms with E-state index >= 15 is 0 Å². The molecule has 1 aliphatic rings. The van der Waals surface area contributed by atoms with Gasteiger partial charge >= 0.3 is 0 Å². The van der Waals surface area contributed by atoms with Crippen LogP contribution in [0.5, 0.6) is 46.0 Å². The zero-order valence-corrected chi connectivity index (χ0v) is 20.6. The summed E-state index contributed by atoms with van der Waals surface area (Å²) in [6, 6.07) is 5.84. The fourth-order valence-electron chi connectivity index (χ4n) is 3.58. The van der Waals surface area contributed by atoms with Crippen molar-refractivity contribution >= 4 is 11.8 Å². The van der Waals surface area contributed by atoms with Gasteiger partial charge in [-0.25, -0.2) is 0 Å². The second-order valence-corrected chi connectivity index (χ2v) is 7.69. The maximum Gasteiger partial charge on any atom is 0.260 e. The largest absolute Gasteiger partial charge is 0.502 e. The Balaban J connectivity index is 1.48. The number of rotatable bonds is 10. The van der Waals surface area contributed by atoms with Gasteiger partial charge in [-0.1, -0.05) is 0 Å². The van der Waals surface area contributed by atoms with E-state index in [1.165, 1.54) is 52.7 Å². The summed E-state index contributed by atoms with van der Waals surface area (Å²) in [6.07, 6.45) is 0. The molecule has 12 heteroatoms. The van der Waals surface area contributed by atoms with Crippen LogP contribution in [0.15, 0.2) is 24.3 Å². The van der Waals surface area contributed by atoms with Crippen LogP contribution in [-0.2, 0) is 9.59 Å². The van der Waals surface area contributed by atoms with Crippen molar-refractivity contribution in [1.29, 1.82) is 0 Å². The topological polar surface area (TPSA) is 136 Å². The highest BCUT2D eigenvalue weighted by molar-refractivity contribution is 5.80. The number of carbonyl (C=O) groups is 2. The lowest BCUT2D eigenvalue weighted by atomic mass is 10.2. The van der Waals surface area contributed by atoms with Gasteiger partial charge in [-0.15, -0.1) is 0 Å². The third-order valence-electron chi connectivity index (χ3n) is 5.62. The number of phenols is 2. The average molecular weight is 507 g/mol. The first-order valence-electron chi connectivity index (χ1n) is 11.0. The molecule has 0 aromatic heterocycles. The summed E-state index contributed by atoms with van der Waals surface area (Å²) < 4.78 is 31.5. The van der Waals surface area contributed by atoms with Crippen molar-refractivity contribution in [2.24, 2.45) is 0 Å². The van der Waals surface area contributed by atoms with Gasteiger partial charge in [0.15, 0.2) is 36.2 Å². The van der Waals surface area contributed by atoms with E-state index in [0.29, 0.717) is 37.7 Å². The lowest BCUT2D eigenvalue weighted by Crippen LogP contribution is -2.52. The fraction of sp³-hybridized carbons (Fsp3) is 0.417. The smallest absolute Gasteiger partial charge is 0.260 e. The lowest BCUT2D eigenvalue weighted by molar-refractivity contribution is -0.141. The summed E-state index contributed by atoms with van der Waals surface area (Å²) >= 11 is 0. The highest BCUT2D eigenvalue weighted by atomic mass is 16.5. The Morgan fingerprint density at radius 1 is 0.639 bits per heavy atom. The van der Waals surface area contributed by atoms with Crippen LogP contribution in [0.25, 0.3) is 0 Å². The first-order valence-corrected chi connectivity index (χ1v) is 11.0. The first-order chi connectivity index (χ1) is 17.3. The van der Waals surface area contributed by atoms with Gasteiger partial charge in [0, 0.05) is 50.4 Å². The summed E-state index contributed by atoms with van der Waals surface area (Å²) in [5.41, 5.74) is 0. The molecule has 0 atom stereocenters. The van der Waals surface area contributed by atoms with Crippen molar-refractivity contribution in [2.75, 3.05) is 67.8 Å². The monoisotopic (exact) mass is 506 g/mol. The van der Waals surface area contributed by atoms with E-state index in [1.807, 2.05) is 0 Å². The molecule has 2 amide bonds. The van der Waals surface area contributed by atoms with E-state index < -0.39 is 0 Å². The van der Waals surface area contributed by atoms with Crippen LogP contribution in [0.1, 0.15) is 0 Å². The van der Waals surface area contributed by atoms with Gasteiger partial charge in [0.05, 0.1) is 28.4 Å². The second-order valence-electron chi connectivity index (χ2n) is 7.69. The summed E-state index contributed by atoms with van der Waals surface area (Å²) in [5.74, 6) is 0.461. The molecule has 0 unspecified atom stereocenters. The van der Waals surface area contributed by atoms with Crippen LogP contribution in [0.2, 0.25) is 0 Å². The zero-order chi connectivity index (χ0) is 26.2. The Morgan fingerprint density at radius 2 is 0.917 bits per heavy atom. The van der Waals surface area contributed by atoms with Gasteiger partial charge < -0.3 is 48.4 Å². The molecule has 1 fully saturated rings. The summed E-state index contributed by atoms with van der Waals surface area (Å²) in [4.78, 5) is 28.4. The Hall–Kier alpha value is -4.22. The predicted octanol–water partition coefficient (Wildman–Crippen LogP) is 1.26. The molecular weight excluding hydrogens is 476 g/mol. The number of aromatic hydroxyl groups is 2. The number of hydrogen-bond donors (Lipinski definition) is 2. The number of hydrogen-bond acceptors (Lipinski definition) is 10. The zero-order valence-electron chi connectivity index (χ0n) is 20.6. The Kier molecular flexibility index (Phi) is 8.76. The van der Waals surface area contributed by atoms with E-state index in [4.69, 9.17) is 28.4 Å². The van der Waals surface area contributed by atoms with E-state index in [1.54, 1.807) is 9.80 Å². The Morgan fingerprint density at radius 3 is 1.17 bits per heavy atom. The molecule has 2 aromatic carbocycles. The molecule has 0 spiro atoms. The molecule has 2 N–H and O–H groups in total. The Labute approximate surface area is 208 Å². The van der Waals surface area contributed by atoms with Crippen molar-refractivity contribution in [3.05, 3.63) is 24.3 Å². The molecular formula is C24H30N2O10. The van der Waals surface area contributed by atoms with Gasteiger partial charge in [0.1, 0.15) is 11.5 Å². The minimum Gasteiger partial charge on any atom is -0.502 e. The van der Waals surface area contributed by atoms with E-state index in [2.05, 4.69) is 0 Å². The van der Waals surface area contributed by atoms with Crippen LogP contribution in [0, 0.1) is 0 Å². The van der Waals surface area contributed by atoms with Crippen LogP contribution in [0.4, 0.5) is 0 Å². The van der Waals surface area contributed by atoms with Gasteiger partial charge in [-0.3, -0.25) is 9.59 Å². The third-order valence-corrected chi connectivity index (χ3v) is 5.62. The van der Waals surface area contributed by atoms with Gasteiger partial charge in [0.25, 0.3) is 11.8 Å². The maximum atomic E-state index is 12.6. The van der Waals surface area contributed by atoms with E-state index in [-0.39, 0.29) is 59.5 Å². The van der Waals surface area contributed by atoms with E-state index in [0.717, 1.165) is 0 Å². The van der Waals surface area contributed by atoms with Crippen LogP contribution >= 0.6 is 0 Å². The molecule has 196 valence electrons. The van der Waals surface area contributed by atoms with Gasteiger partial charge in [-0.05, 0) is 0 Å². The van der Waals surface area contributed by atoms with Gasteiger partial charge in [0.2, 0.25) is 11.5 Å². The number of methoxy groups -OCH3 is 4. The number of piperazine rings is 1. The highest BCUT2D eigenvalue weighted by Crippen LogP contribution is 2.40.